The van der Waals surface area contributed by atoms with E-state index < -0.39 is 0 Å². The van der Waals surface area contributed by atoms with Crippen molar-refractivity contribution < 1.29 is 0 Å². The van der Waals surface area contributed by atoms with Gasteiger partial charge in [0.25, 0.3) is 0 Å². The van der Waals surface area contributed by atoms with Crippen molar-refractivity contribution in [1.29, 1.82) is 0 Å². The van der Waals surface area contributed by atoms with Gasteiger partial charge in [0.2, 0.25) is 0 Å². The quantitative estimate of drug-likeness (QED) is 0.632. The van der Waals surface area contributed by atoms with Gasteiger partial charge in [-0.1, -0.05) is 26.7 Å². The molecule has 0 aliphatic rings. The van der Waals surface area contributed by atoms with E-state index in [2.05, 4.69) is 38.4 Å². The zero-order valence-electron chi connectivity index (χ0n) is 9.14. The van der Waals surface area contributed by atoms with Crippen molar-refractivity contribution >= 4 is 12.6 Å². The van der Waals surface area contributed by atoms with E-state index in [1.807, 2.05) is 0 Å². The van der Waals surface area contributed by atoms with Gasteiger partial charge in [0.05, 0.1) is 0 Å². The van der Waals surface area contributed by atoms with Gasteiger partial charge in [-0.3, -0.25) is 0 Å². The maximum atomic E-state index is 3.53. The Labute approximate surface area is 83.9 Å². The van der Waals surface area contributed by atoms with Crippen LogP contribution in [0.15, 0.2) is 0 Å². The molecular formula is C10H25NS. The Hall–Kier alpha value is 0.310. The molecule has 0 fully saturated rings. The van der Waals surface area contributed by atoms with Gasteiger partial charge < -0.3 is 4.90 Å². The molecule has 0 saturated heterocycles. The predicted octanol–water partition coefficient (Wildman–Crippen LogP) is 3.06. The second-order valence-corrected chi connectivity index (χ2v) is 3.01. The lowest BCUT2D eigenvalue weighted by molar-refractivity contribution is 0.322. The standard InChI is InChI=1S/C9H21N.CH4S/c1-4-6-8-10(3)9-7-5-2;1-2/h4-9H2,1-3H3;2H,1H3. The minimum atomic E-state index is 1.27. The van der Waals surface area contributed by atoms with Crippen molar-refractivity contribution in [2.24, 2.45) is 0 Å². The molecule has 12 heavy (non-hydrogen) atoms. The van der Waals surface area contributed by atoms with Crippen molar-refractivity contribution in [3.63, 3.8) is 0 Å². The first-order chi connectivity index (χ1) is 5.81. The number of nitrogens with zero attached hydrogens (tertiary/aromatic N) is 1. The predicted molar refractivity (Wildman–Crippen MR) is 62.2 cm³/mol. The van der Waals surface area contributed by atoms with Crippen LogP contribution in [0.1, 0.15) is 39.5 Å². The van der Waals surface area contributed by atoms with Crippen molar-refractivity contribution in [3.05, 3.63) is 0 Å². The zero-order valence-corrected chi connectivity index (χ0v) is 10.0. The van der Waals surface area contributed by atoms with E-state index in [0.717, 1.165) is 0 Å². The lowest BCUT2D eigenvalue weighted by Gasteiger charge is -2.14. The molecule has 0 aliphatic carbocycles. The molecule has 0 aliphatic heterocycles. The topological polar surface area (TPSA) is 3.24 Å². The van der Waals surface area contributed by atoms with Gasteiger partial charge in [-0.25, -0.2) is 0 Å². The Balaban J connectivity index is 0. The summed E-state index contributed by atoms with van der Waals surface area (Å²) in [4.78, 5) is 2.42. The molecule has 0 heterocycles. The maximum absolute atomic E-state index is 3.53. The molecule has 0 rings (SSSR count). The largest absolute Gasteiger partial charge is 0.306 e. The molecule has 0 saturated carbocycles. The lowest BCUT2D eigenvalue weighted by atomic mass is 10.3. The number of unbranched alkanes of at least 4 members (excludes halogenated alkanes) is 2. The third kappa shape index (κ3) is 12.9. The highest BCUT2D eigenvalue weighted by atomic mass is 32.1. The SMILES string of the molecule is CCCCN(C)CCCC.CS. The average Bonchev–Trinajstić information content (AvgIpc) is 2.14. The van der Waals surface area contributed by atoms with E-state index in [0.29, 0.717) is 0 Å². The highest BCUT2D eigenvalue weighted by Crippen LogP contribution is 1.94. The minimum Gasteiger partial charge on any atom is -0.306 e. The summed E-state index contributed by atoms with van der Waals surface area (Å²) in [5, 5.41) is 0. The highest BCUT2D eigenvalue weighted by molar-refractivity contribution is 7.79. The first-order valence-corrected chi connectivity index (χ1v) is 5.84. The molecule has 0 aromatic rings. The molecule has 1 nitrogen and oxygen atoms in total. The molecule has 0 amide bonds. The smallest absolute Gasteiger partial charge is 0.00219 e. The molecule has 0 spiro atoms. The van der Waals surface area contributed by atoms with Gasteiger partial charge in [-0.15, -0.1) is 0 Å². The molecule has 2 heteroatoms. The number of thiol groups is 1. The van der Waals surface area contributed by atoms with Crippen molar-refractivity contribution in [2.45, 2.75) is 39.5 Å². The molecule has 0 unspecified atom stereocenters. The zero-order chi connectivity index (χ0) is 9.82. The van der Waals surface area contributed by atoms with Crippen LogP contribution in [0, 0.1) is 0 Å². The van der Waals surface area contributed by atoms with Crippen LogP contribution in [0.25, 0.3) is 0 Å². The first kappa shape index (κ1) is 14.8. The minimum absolute atomic E-state index is 1.27. The second kappa shape index (κ2) is 13.9. The summed E-state index contributed by atoms with van der Waals surface area (Å²) in [6.45, 7) is 7.04. The monoisotopic (exact) mass is 191 g/mol. The van der Waals surface area contributed by atoms with Gasteiger partial charge in [0, 0.05) is 0 Å². The summed E-state index contributed by atoms with van der Waals surface area (Å²) in [5.74, 6) is 0. The van der Waals surface area contributed by atoms with Gasteiger partial charge in [0.15, 0.2) is 0 Å². The Morgan fingerprint density at radius 2 is 1.25 bits per heavy atom. The summed E-state index contributed by atoms with van der Waals surface area (Å²) in [5.41, 5.74) is 0. The second-order valence-electron chi connectivity index (χ2n) is 3.01. The van der Waals surface area contributed by atoms with Crippen molar-refractivity contribution in [3.8, 4) is 0 Å². The fraction of sp³-hybridized carbons (Fsp3) is 1.00. The Bertz CT molecular complexity index is 58.9. The number of rotatable bonds is 6. The van der Waals surface area contributed by atoms with Crippen LogP contribution in [0.5, 0.6) is 0 Å². The summed E-state index contributed by atoms with van der Waals surface area (Å²) < 4.78 is 0. The maximum Gasteiger partial charge on any atom is -0.00219 e. The van der Waals surface area contributed by atoms with Crippen LogP contribution < -0.4 is 0 Å². The fourth-order valence-corrected chi connectivity index (χ4v) is 0.968. The fourth-order valence-electron chi connectivity index (χ4n) is 0.968. The van der Waals surface area contributed by atoms with E-state index in [-0.39, 0.29) is 0 Å². The van der Waals surface area contributed by atoms with Crippen molar-refractivity contribution in [2.75, 3.05) is 26.4 Å². The van der Waals surface area contributed by atoms with Gasteiger partial charge in [0.1, 0.15) is 0 Å². The summed E-state index contributed by atoms with van der Waals surface area (Å²) in [7, 11) is 2.21. The third-order valence-electron chi connectivity index (χ3n) is 1.79. The molecule has 76 valence electrons. The summed E-state index contributed by atoms with van der Waals surface area (Å²) in [6.07, 6.45) is 7.02. The van der Waals surface area contributed by atoms with Crippen LogP contribution >= 0.6 is 12.6 Å². The van der Waals surface area contributed by atoms with Crippen LogP contribution in [-0.2, 0) is 0 Å². The third-order valence-corrected chi connectivity index (χ3v) is 1.79. The van der Waals surface area contributed by atoms with Gasteiger partial charge in [-0.2, -0.15) is 12.6 Å². The van der Waals surface area contributed by atoms with Crippen LogP contribution in [0.2, 0.25) is 0 Å². The van der Waals surface area contributed by atoms with Gasteiger partial charge in [-0.05, 0) is 39.2 Å². The van der Waals surface area contributed by atoms with E-state index in [9.17, 15) is 0 Å². The average molecular weight is 191 g/mol. The molecule has 0 N–H and O–H groups in total. The van der Waals surface area contributed by atoms with Crippen LogP contribution in [0.4, 0.5) is 0 Å². The first-order valence-electron chi connectivity index (χ1n) is 4.94. The normalized spacial score (nSPS) is 9.50. The number of hydrogen-bond donors (Lipinski definition) is 1. The molecular weight excluding hydrogens is 166 g/mol. The molecule has 0 radical (unpaired) electrons. The highest BCUT2D eigenvalue weighted by Gasteiger charge is 1.94. The van der Waals surface area contributed by atoms with E-state index >= 15 is 0 Å². The van der Waals surface area contributed by atoms with E-state index in [1.54, 1.807) is 6.26 Å². The summed E-state index contributed by atoms with van der Waals surface area (Å²) >= 11 is 3.53. The Morgan fingerprint density at radius 3 is 1.50 bits per heavy atom. The molecule has 0 bridgehead atoms. The molecule has 0 atom stereocenters. The summed E-state index contributed by atoms with van der Waals surface area (Å²) in [6, 6.07) is 0. The molecule has 0 aromatic heterocycles. The van der Waals surface area contributed by atoms with E-state index in [4.69, 9.17) is 0 Å². The van der Waals surface area contributed by atoms with Crippen molar-refractivity contribution in [1.82, 2.24) is 4.90 Å². The Morgan fingerprint density at radius 1 is 0.917 bits per heavy atom. The van der Waals surface area contributed by atoms with E-state index in [1.165, 1.54) is 38.8 Å². The Kier molecular flexibility index (Phi) is 17.1. The number of hydrogen-bond acceptors (Lipinski definition) is 2. The van der Waals surface area contributed by atoms with Crippen LogP contribution in [-0.4, -0.2) is 31.3 Å². The van der Waals surface area contributed by atoms with Gasteiger partial charge >= 0.3 is 0 Å². The molecule has 0 aromatic carbocycles. The lowest BCUT2D eigenvalue weighted by Crippen LogP contribution is -2.20. The van der Waals surface area contributed by atoms with Crippen LogP contribution in [0.3, 0.4) is 0 Å².